The van der Waals surface area contributed by atoms with Gasteiger partial charge in [-0.05, 0) is 31.7 Å². The molecule has 0 saturated carbocycles. The Morgan fingerprint density at radius 3 is 3.00 bits per heavy atom. The van der Waals surface area contributed by atoms with Crippen LogP contribution in [0.1, 0.15) is 32.4 Å². The fourth-order valence-electron chi connectivity index (χ4n) is 3.32. The second-order valence-electron chi connectivity index (χ2n) is 5.78. The minimum absolute atomic E-state index is 0.433. The zero-order valence-corrected chi connectivity index (χ0v) is 13.0. The average Bonchev–Trinajstić information content (AvgIpc) is 3.12. The Morgan fingerprint density at radius 1 is 1.33 bits per heavy atom. The summed E-state index contributed by atoms with van der Waals surface area (Å²) in [4.78, 5) is 0. The monoisotopic (exact) mass is 287 g/mol. The highest BCUT2D eigenvalue weighted by Crippen LogP contribution is 2.23. The van der Waals surface area contributed by atoms with Crippen molar-refractivity contribution in [1.29, 1.82) is 0 Å². The van der Waals surface area contributed by atoms with Crippen LogP contribution in [-0.4, -0.2) is 29.0 Å². The Kier molecular flexibility index (Phi) is 4.56. The summed E-state index contributed by atoms with van der Waals surface area (Å²) < 4.78 is 7.83. The summed E-state index contributed by atoms with van der Waals surface area (Å²) in [5, 5.41) is 9.58. The van der Waals surface area contributed by atoms with Gasteiger partial charge in [0.05, 0.1) is 17.3 Å². The number of benzene rings is 1. The molecule has 0 amide bonds. The maximum atomic E-state index is 5.75. The molecule has 1 N–H and O–H groups in total. The van der Waals surface area contributed by atoms with Crippen LogP contribution in [0.4, 0.5) is 0 Å². The molecule has 4 nitrogen and oxygen atoms in total. The highest BCUT2D eigenvalue weighted by molar-refractivity contribution is 5.81. The van der Waals surface area contributed by atoms with Crippen molar-refractivity contribution in [2.45, 2.75) is 45.9 Å². The van der Waals surface area contributed by atoms with E-state index in [0.717, 1.165) is 38.4 Å². The van der Waals surface area contributed by atoms with Crippen LogP contribution in [0.2, 0.25) is 0 Å². The molecule has 21 heavy (non-hydrogen) atoms. The molecular weight excluding hydrogens is 262 g/mol. The van der Waals surface area contributed by atoms with Crippen molar-refractivity contribution in [3.05, 3.63) is 30.0 Å². The molecule has 2 unspecified atom stereocenters. The lowest BCUT2D eigenvalue weighted by Crippen LogP contribution is -2.28. The number of aromatic nitrogens is 2. The van der Waals surface area contributed by atoms with Crippen LogP contribution >= 0.6 is 0 Å². The van der Waals surface area contributed by atoms with E-state index >= 15 is 0 Å². The number of ether oxygens (including phenoxy) is 1. The smallest absolute Gasteiger partial charge is 0.0841 e. The van der Waals surface area contributed by atoms with Gasteiger partial charge in [0.1, 0.15) is 0 Å². The zero-order chi connectivity index (χ0) is 14.7. The Morgan fingerprint density at radius 2 is 2.19 bits per heavy atom. The van der Waals surface area contributed by atoms with Gasteiger partial charge in [-0.25, -0.2) is 0 Å². The minimum Gasteiger partial charge on any atom is -0.378 e. The first-order chi connectivity index (χ1) is 10.3. The summed E-state index contributed by atoms with van der Waals surface area (Å²) >= 11 is 0. The summed E-state index contributed by atoms with van der Waals surface area (Å²) in [5.41, 5.74) is 2.38. The van der Waals surface area contributed by atoms with Gasteiger partial charge in [-0.1, -0.05) is 25.1 Å². The predicted octanol–water partition coefficient (Wildman–Crippen LogP) is 2.96. The molecule has 0 aliphatic carbocycles. The molecule has 4 heteroatoms. The quantitative estimate of drug-likeness (QED) is 0.888. The van der Waals surface area contributed by atoms with Gasteiger partial charge < -0.3 is 10.1 Å². The van der Waals surface area contributed by atoms with Gasteiger partial charge in [-0.3, -0.25) is 4.68 Å². The lowest BCUT2D eigenvalue weighted by molar-refractivity contribution is 0.0872. The zero-order valence-electron chi connectivity index (χ0n) is 13.0. The maximum Gasteiger partial charge on any atom is 0.0841 e. The van der Waals surface area contributed by atoms with Gasteiger partial charge in [0.15, 0.2) is 0 Å². The van der Waals surface area contributed by atoms with E-state index in [1.165, 1.54) is 17.3 Å². The second kappa shape index (κ2) is 6.58. The standard InChI is InChI=1S/C17H25N3O/c1-3-17-13(9-10-21-17)11-18-12-15-14-7-5-6-8-16(14)20(4-2)19-15/h5-8,13,17-18H,3-4,9-12H2,1-2H3. The van der Waals surface area contributed by atoms with Gasteiger partial charge >= 0.3 is 0 Å². The Balaban J connectivity index is 1.65. The van der Waals surface area contributed by atoms with E-state index in [4.69, 9.17) is 9.84 Å². The van der Waals surface area contributed by atoms with Crippen molar-refractivity contribution in [2.24, 2.45) is 5.92 Å². The predicted molar refractivity (Wildman–Crippen MR) is 85.3 cm³/mol. The Labute approximate surface area is 126 Å². The second-order valence-corrected chi connectivity index (χ2v) is 5.78. The van der Waals surface area contributed by atoms with E-state index in [1.54, 1.807) is 0 Å². The number of para-hydroxylation sites is 1. The molecule has 0 bridgehead atoms. The number of nitrogens with one attached hydrogen (secondary N) is 1. The normalized spacial score (nSPS) is 22.2. The van der Waals surface area contributed by atoms with E-state index in [-0.39, 0.29) is 0 Å². The maximum absolute atomic E-state index is 5.75. The van der Waals surface area contributed by atoms with Crippen LogP contribution in [0.3, 0.4) is 0 Å². The topological polar surface area (TPSA) is 39.1 Å². The van der Waals surface area contributed by atoms with Gasteiger partial charge in [-0.2, -0.15) is 5.10 Å². The molecule has 114 valence electrons. The van der Waals surface area contributed by atoms with E-state index in [0.29, 0.717) is 12.0 Å². The number of fused-ring (bicyclic) bond motifs is 1. The molecule has 2 atom stereocenters. The summed E-state index contributed by atoms with van der Waals surface area (Å²) in [6, 6.07) is 8.48. The summed E-state index contributed by atoms with van der Waals surface area (Å²) in [7, 11) is 0. The third-order valence-electron chi connectivity index (χ3n) is 4.48. The van der Waals surface area contributed by atoms with Crippen LogP contribution in [0, 0.1) is 5.92 Å². The van der Waals surface area contributed by atoms with E-state index < -0.39 is 0 Å². The number of rotatable bonds is 6. The molecule has 1 aliphatic heterocycles. The van der Waals surface area contributed by atoms with Gasteiger partial charge in [0.25, 0.3) is 0 Å². The van der Waals surface area contributed by atoms with Crippen LogP contribution in [0.5, 0.6) is 0 Å². The lowest BCUT2D eigenvalue weighted by Gasteiger charge is -2.16. The number of hydrogen-bond donors (Lipinski definition) is 1. The van der Waals surface area contributed by atoms with Crippen LogP contribution in [0.15, 0.2) is 24.3 Å². The van der Waals surface area contributed by atoms with Gasteiger partial charge in [-0.15, -0.1) is 0 Å². The van der Waals surface area contributed by atoms with Crippen LogP contribution in [-0.2, 0) is 17.8 Å². The summed E-state index contributed by atoms with van der Waals surface area (Å²) in [6.07, 6.45) is 2.72. The van der Waals surface area contributed by atoms with E-state index in [9.17, 15) is 0 Å². The molecule has 1 fully saturated rings. The Hall–Kier alpha value is -1.39. The van der Waals surface area contributed by atoms with Crippen molar-refractivity contribution in [3.8, 4) is 0 Å². The first-order valence-corrected chi connectivity index (χ1v) is 8.10. The largest absolute Gasteiger partial charge is 0.378 e. The average molecular weight is 287 g/mol. The highest BCUT2D eigenvalue weighted by Gasteiger charge is 2.26. The van der Waals surface area contributed by atoms with Gasteiger partial charge in [0.2, 0.25) is 0 Å². The fraction of sp³-hybridized carbons (Fsp3) is 0.588. The molecule has 0 spiro atoms. The third-order valence-corrected chi connectivity index (χ3v) is 4.48. The van der Waals surface area contributed by atoms with Crippen molar-refractivity contribution in [1.82, 2.24) is 15.1 Å². The van der Waals surface area contributed by atoms with Crippen molar-refractivity contribution in [2.75, 3.05) is 13.2 Å². The molecule has 1 aliphatic rings. The van der Waals surface area contributed by atoms with Crippen LogP contribution in [0.25, 0.3) is 10.9 Å². The SMILES string of the molecule is CCC1OCCC1CNCc1nn(CC)c2ccccc12. The van der Waals surface area contributed by atoms with Gasteiger partial charge in [0, 0.05) is 31.6 Å². The minimum atomic E-state index is 0.433. The summed E-state index contributed by atoms with van der Waals surface area (Å²) in [6.45, 7) is 8.02. The number of hydrogen-bond acceptors (Lipinski definition) is 3. The molecule has 0 radical (unpaired) electrons. The van der Waals surface area contributed by atoms with Crippen LogP contribution < -0.4 is 5.32 Å². The fourth-order valence-corrected chi connectivity index (χ4v) is 3.32. The van der Waals surface area contributed by atoms with Crippen molar-refractivity contribution >= 4 is 10.9 Å². The van der Waals surface area contributed by atoms with E-state index in [2.05, 4.69) is 48.1 Å². The Bertz CT molecular complexity index is 593. The molecule has 1 saturated heterocycles. The molecule has 3 rings (SSSR count). The number of aryl methyl sites for hydroxylation is 1. The molecule has 1 aromatic carbocycles. The van der Waals surface area contributed by atoms with Crippen molar-refractivity contribution < 1.29 is 4.74 Å². The molecule has 2 aromatic rings. The lowest BCUT2D eigenvalue weighted by atomic mass is 10.00. The molecule has 1 aromatic heterocycles. The van der Waals surface area contributed by atoms with E-state index in [1.807, 2.05) is 0 Å². The summed E-state index contributed by atoms with van der Waals surface area (Å²) in [5.74, 6) is 0.648. The number of nitrogens with zero attached hydrogens (tertiary/aromatic N) is 2. The first kappa shape index (κ1) is 14.5. The highest BCUT2D eigenvalue weighted by atomic mass is 16.5. The molecule has 2 heterocycles. The third kappa shape index (κ3) is 2.97. The first-order valence-electron chi connectivity index (χ1n) is 8.10. The molecular formula is C17H25N3O. The van der Waals surface area contributed by atoms with Crippen molar-refractivity contribution in [3.63, 3.8) is 0 Å².